The first-order valence-corrected chi connectivity index (χ1v) is 7.94. The Morgan fingerprint density at radius 1 is 0.750 bits per heavy atom. The smallest absolute Gasteiger partial charge is 0.315 e. The summed E-state index contributed by atoms with van der Waals surface area (Å²) in [5.41, 5.74) is 1.88. The summed E-state index contributed by atoms with van der Waals surface area (Å²) in [5.74, 6) is -0.676. The van der Waals surface area contributed by atoms with Crippen molar-refractivity contribution in [2.24, 2.45) is 23.7 Å². The van der Waals surface area contributed by atoms with E-state index in [2.05, 4.69) is 13.2 Å². The zero-order chi connectivity index (χ0) is 17.4. The third kappa shape index (κ3) is 2.30. The molecule has 0 saturated heterocycles. The lowest BCUT2D eigenvalue weighted by Crippen LogP contribution is -2.59. The van der Waals surface area contributed by atoms with Gasteiger partial charge in [0.2, 0.25) is 0 Å². The van der Waals surface area contributed by atoms with E-state index < -0.39 is 11.8 Å². The van der Waals surface area contributed by atoms with Crippen molar-refractivity contribution in [1.29, 1.82) is 0 Å². The van der Waals surface area contributed by atoms with Gasteiger partial charge in [-0.2, -0.15) is 0 Å². The molecule has 0 aromatic rings. The molecule has 4 heteroatoms. The minimum Gasteiger partial charge on any atom is -0.431 e. The highest BCUT2D eigenvalue weighted by molar-refractivity contribution is 5.89. The van der Waals surface area contributed by atoms with Crippen LogP contribution in [0.2, 0.25) is 0 Å². The molecule has 4 nitrogen and oxygen atoms in total. The normalized spacial score (nSPS) is 32.2. The van der Waals surface area contributed by atoms with Crippen LogP contribution in [0.1, 0.15) is 13.8 Å². The summed E-state index contributed by atoms with van der Waals surface area (Å²) < 4.78 is 10.7. The minimum absolute atomic E-state index is 0.0836. The number of cyclic esters (lactones) is 2. The number of rotatable bonds is 4. The Morgan fingerprint density at radius 3 is 1.46 bits per heavy atom. The molecule has 0 spiro atoms. The Balaban J connectivity index is 2.10. The maximum Gasteiger partial charge on any atom is 0.315 e. The van der Waals surface area contributed by atoms with Gasteiger partial charge < -0.3 is 9.47 Å². The van der Waals surface area contributed by atoms with E-state index in [4.69, 9.17) is 9.47 Å². The second-order valence-electron chi connectivity index (χ2n) is 6.16. The fraction of sp³-hybridized carbons (Fsp3) is 0.300. The zero-order valence-electron chi connectivity index (χ0n) is 13.8. The maximum absolute atomic E-state index is 12.3. The van der Waals surface area contributed by atoms with E-state index in [1.165, 1.54) is 0 Å². The monoisotopic (exact) mass is 324 g/mol. The van der Waals surface area contributed by atoms with Crippen LogP contribution in [0.5, 0.6) is 0 Å². The molecule has 0 aromatic heterocycles. The number of fused-ring (bicyclic) bond motifs is 4. The Labute approximate surface area is 141 Å². The maximum atomic E-state index is 12.3. The first-order valence-electron chi connectivity index (χ1n) is 7.94. The van der Waals surface area contributed by atoms with E-state index in [0.717, 1.165) is 11.1 Å². The highest BCUT2D eigenvalue weighted by Gasteiger charge is 2.64. The van der Waals surface area contributed by atoms with Crippen LogP contribution in [0.4, 0.5) is 0 Å². The average Bonchev–Trinajstić information content (AvgIpc) is 2.50. The van der Waals surface area contributed by atoms with E-state index in [9.17, 15) is 9.59 Å². The number of allylic oxidation sites excluding steroid dienone is 10. The highest BCUT2D eigenvalue weighted by Crippen LogP contribution is 2.59. The summed E-state index contributed by atoms with van der Waals surface area (Å²) in [6, 6.07) is 0. The number of esters is 2. The molecular weight excluding hydrogens is 304 g/mol. The lowest BCUT2D eigenvalue weighted by atomic mass is 9.50. The van der Waals surface area contributed by atoms with Gasteiger partial charge in [-0.3, -0.25) is 9.59 Å². The van der Waals surface area contributed by atoms with Crippen LogP contribution in [-0.2, 0) is 19.1 Å². The van der Waals surface area contributed by atoms with Gasteiger partial charge in [-0.15, -0.1) is 0 Å². The summed E-state index contributed by atoms with van der Waals surface area (Å²) >= 11 is 0. The van der Waals surface area contributed by atoms with Crippen LogP contribution in [0, 0.1) is 23.7 Å². The molecule has 2 heterocycles. The van der Waals surface area contributed by atoms with Gasteiger partial charge in [0.25, 0.3) is 0 Å². The molecule has 4 unspecified atom stereocenters. The molecule has 0 amide bonds. The van der Waals surface area contributed by atoms with E-state index in [1.807, 2.05) is 24.3 Å². The van der Waals surface area contributed by atoms with Crippen LogP contribution in [0.15, 0.2) is 72.3 Å². The van der Waals surface area contributed by atoms with Crippen molar-refractivity contribution < 1.29 is 19.1 Å². The molecule has 2 aliphatic heterocycles. The molecule has 3 rings (SSSR count). The summed E-state index contributed by atoms with van der Waals surface area (Å²) in [6.45, 7) is 10.9. The SMILES string of the molecule is C=C/C=C\C1=C(C)OC(=O)C2C3C(=O)OC(C)=C(/C=C\C=C)C3C12. The summed E-state index contributed by atoms with van der Waals surface area (Å²) in [6.07, 6.45) is 10.8. The van der Waals surface area contributed by atoms with Gasteiger partial charge in [-0.25, -0.2) is 0 Å². The number of carbonyl (C=O) groups is 2. The van der Waals surface area contributed by atoms with Crippen molar-refractivity contribution in [2.45, 2.75) is 13.8 Å². The second kappa shape index (κ2) is 6.11. The molecule has 24 heavy (non-hydrogen) atoms. The average molecular weight is 324 g/mol. The first kappa shape index (κ1) is 16.2. The Bertz CT molecular complexity index is 684. The lowest BCUT2D eigenvalue weighted by Gasteiger charge is -2.54. The lowest BCUT2D eigenvalue weighted by molar-refractivity contribution is -0.178. The first-order chi connectivity index (χ1) is 11.5. The highest BCUT2D eigenvalue weighted by atomic mass is 16.5. The quantitative estimate of drug-likeness (QED) is 0.585. The van der Waals surface area contributed by atoms with Crippen molar-refractivity contribution in [1.82, 2.24) is 0 Å². The number of carbonyl (C=O) groups excluding carboxylic acids is 2. The predicted octanol–water partition coefficient (Wildman–Crippen LogP) is 3.61. The van der Waals surface area contributed by atoms with Crippen LogP contribution in [0.3, 0.4) is 0 Å². The fourth-order valence-corrected chi connectivity index (χ4v) is 3.93. The van der Waals surface area contributed by atoms with Crippen LogP contribution < -0.4 is 0 Å². The number of hydrogen-bond donors (Lipinski definition) is 0. The molecule has 124 valence electrons. The molecule has 1 aliphatic carbocycles. The summed E-state index contributed by atoms with van der Waals surface area (Å²) in [5, 5.41) is 0. The van der Waals surface area contributed by atoms with Gasteiger partial charge in [0.1, 0.15) is 11.5 Å². The van der Waals surface area contributed by atoms with Crippen molar-refractivity contribution >= 4 is 11.9 Å². The Hall–Kier alpha value is -2.62. The number of ether oxygens (including phenoxy) is 2. The Kier molecular flexibility index (Phi) is 4.14. The third-order valence-electron chi connectivity index (χ3n) is 4.95. The van der Waals surface area contributed by atoms with Crippen molar-refractivity contribution in [3.05, 3.63) is 72.3 Å². The van der Waals surface area contributed by atoms with Gasteiger partial charge >= 0.3 is 11.9 Å². The van der Waals surface area contributed by atoms with Gasteiger partial charge in [0.15, 0.2) is 0 Å². The molecule has 0 bridgehead atoms. The molecular formula is C20H20O4. The van der Waals surface area contributed by atoms with E-state index in [-0.39, 0.29) is 23.8 Å². The standard InChI is InChI=1S/C20H20O4/c1-5-7-9-13-11(3)23-19(21)17-15(13)16-14(10-8-6-2)12(4)24-20(22)18(16)17/h5-10,15-18H,1-2H2,3-4H3/b9-7-,10-8-. The third-order valence-corrected chi connectivity index (χ3v) is 4.95. The summed E-state index contributed by atoms with van der Waals surface area (Å²) in [7, 11) is 0. The predicted molar refractivity (Wildman–Crippen MR) is 90.2 cm³/mol. The largest absolute Gasteiger partial charge is 0.431 e. The van der Waals surface area contributed by atoms with Crippen LogP contribution >= 0.6 is 0 Å². The van der Waals surface area contributed by atoms with Gasteiger partial charge in [-0.1, -0.05) is 49.6 Å². The minimum atomic E-state index is -0.490. The number of hydrogen-bond acceptors (Lipinski definition) is 4. The van der Waals surface area contributed by atoms with Gasteiger partial charge in [-0.05, 0) is 25.0 Å². The summed E-state index contributed by atoms with van der Waals surface area (Å²) in [4.78, 5) is 24.7. The molecule has 1 saturated carbocycles. The topological polar surface area (TPSA) is 52.6 Å². The van der Waals surface area contributed by atoms with Crippen molar-refractivity contribution in [2.75, 3.05) is 0 Å². The van der Waals surface area contributed by atoms with Crippen LogP contribution in [-0.4, -0.2) is 11.9 Å². The fourth-order valence-electron chi connectivity index (χ4n) is 3.93. The molecule has 1 fully saturated rings. The molecule has 0 aromatic carbocycles. The molecule has 4 atom stereocenters. The van der Waals surface area contributed by atoms with E-state index in [1.54, 1.807) is 26.0 Å². The Morgan fingerprint density at radius 2 is 1.12 bits per heavy atom. The van der Waals surface area contributed by atoms with Gasteiger partial charge in [0.05, 0.1) is 11.8 Å². The molecule has 0 N–H and O–H groups in total. The van der Waals surface area contributed by atoms with Crippen molar-refractivity contribution in [3.63, 3.8) is 0 Å². The molecule has 0 radical (unpaired) electrons. The van der Waals surface area contributed by atoms with Gasteiger partial charge in [0, 0.05) is 11.8 Å². The second-order valence-corrected chi connectivity index (χ2v) is 6.16. The molecule has 3 aliphatic rings. The van der Waals surface area contributed by atoms with Crippen LogP contribution in [0.25, 0.3) is 0 Å². The van der Waals surface area contributed by atoms with E-state index >= 15 is 0 Å². The van der Waals surface area contributed by atoms with Crippen molar-refractivity contribution in [3.8, 4) is 0 Å². The zero-order valence-corrected chi connectivity index (χ0v) is 13.8. The van der Waals surface area contributed by atoms with E-state index in [0.29, 0.717) is 11.5 Å².